The van der Waals surface area contributed by atoms with Crippen molar-refractivity contribution in [1.29, 1.82) is 10.8 Å². The predicted octanol–water partition coefficient (Wildman–Crippen LogP) is 4.21. The number of rotatable bonds is 5. The monoisotopic (exact) mass is 240 g/mol. The van der Waals surface area contributed by atoms with Gasteiger partial charge in [-0.2, -0.15) is 0 Å². The summed E-state index contributed by atoms with van der Waals surface area (Å²) in [5, 5.41) is 15.7. The van der Waals surface area contributed by atoms with Gasteiger partial charge in [0.1, 0.15) is 0 Å². The van der Waals surface area contributed by atoms with E-state index >= 15 is 0 Å². The van der Waals surface area contributed by atoms with Gasteiger partial charge in [0.05, 0.1) is 5.71 Å². The van der Waals surface area contributed by atoms with Crippen LogP contribution in [-0.4, -0.2) is 11.9 Å². The first kappa shape index (κ1) is 14.1. The highest BCUT2D eigenvalue weighted by molar-refractivity contribution is 6.22. The van der Waals surface area contributed by atoms with Crippen molar-refractivity contribution in [3.05, 3.63) is 58.7 Å². The second-order valence-electron chi connectivity index (χ2n) is 4.31. The minimum atomic E-state index is 0.393. The Bertz CT molecular complexity index is 522. The molecule has 0 radical (unpaired) electrons. The average Bonchev–Trinajstić information content (AvgIpc) is 2.38. The Morgan fingerprint density at radius 1 is 1.28 bits per heavy atom. The first-order valence-electron chi connectivity index (χ1n) is 6.07. The van der Waals surface area contributed by atoms with Crippen LogP contribution in [0.3, 0.4) is 0 Å². The van der Waals surface area contributed by atoms with Crippen LogP contribution in [0.1, 0.15) is 30.0 Å². The molecule has 0 unspecified atom stereocenters. The van der Waals surface area contributed by atoms with Gasteiger partial charge < -0.3 is 5.41 Å². The lowest BCUT2D eigenvalue weighted by atomic mass is 9.95. The highest BCUT2D eigenvalue weighted by Gasteiger charge is 2.10. The van der Waals surface area contributed by atoms with Crippen molar-refractivity contribution < 1.29 is 0 Å². The van der Waals surface area contributed by atoms with Crippen molar-refractivity contribution in [1.82, 2.24) is 0 Å². The van der Waals surface area contributed by atoms with E-state index in [1.807, 2.05) is 32.0 Å². The Balaban J connectivity index is 3.27. The Morgan fingerprint density at radius 3 is 2.39 bits per heavy atom. The van der Waals surface area contributed by atoms with Crippen molar-refractivity contribution in [2.24, 2.45) is 0 Å². The van der Waals surface area contributed by atoms with Crippen LogP contribution in [-0.2, 0) is 0 Å². The first-order chi connectivity index (χ1) is 8.54. The molecule has 0 amide bonds. The van der Waals surface area contributed by atoms with E-state index in [9.17, 15) is 0 Å². The third-order valence-corrected chi connectivity index (χ3v) is 3.18. The molecule has 1 aromatic rings. The third-order valence-electron chi connectivity index (χ3n) is 3.18. The van der Waals surface area contributed by atoms with Gasteiger partial charge in [0.25, 0.3) is 0 Å². The van der Waals surface area contributed by atoms with Gasteiger partial charge in [0.2, 0.25) is 0 Å². The maximum atomic E-state index is 8.23. The van der Waals surface area contributed by atoms with Crippen LogP contribution in [0.4, 0.5) is 0 Å². The van der Waals surface area contributed by atoms with Gasteiger partial charge in [-0.3, -0.25) is 5.41 Å². The van der Waals surface area contributed by atoms with Crippen molar-refractivity contribution in [2.75, 3.05) is 0 Å². The SMILES string of the molecule is C=C/C(CC)=C(/C=N)C(=N)c1ccc(C)c(C)c1. The number of benzene rings is 1. The van der Waals surface area contributed by atoms with Crippen LogP contribution in [0.5, 0.6) is 0 Å². The van der Waals surface area contributed by atoms with Crippen molar-refractivity contribution >= 4 is 11.9 Å². The maximum Gasteiger partial charge on any atom is 0.0702 e. The van der Waals surface area contributed by atoms with Crippen LogP contribution < -0.4 is 0 Å². The molecule has 0 atom stereocenters. The van der Waals surface area contributed by atoms with E-state index in [4.69, 9.17) is 10.8 Å². The maximum absolute atomic E-state index is 8.23. The number of nitrogens with one attached hydrogen (secondary N) is 2. The van der Waals surface area contributed by atoms with E-state index in [1.165, 1.54) is 17.3 Å². The van der Waals surface area contributed by atoms with E-state index in [-0.39, 0.29) is 0 Å². The lowest BCUT2D eigenvalue weighted by molar-refractivity contribution is 1.14. The molecule has 0 fully saturated rings. The average molecular weight is 240 g/mol. The van der Waals surface area contributed by atoms with E-state index in [0.29, 0.717) is 11.3 Å². The van der Waals surface area contributed by atoms with Crippen molar-refractivity contribution in [3.63, 3.8) is 0 Å². The van der Waals surface area contributed by atoms with E-state index < -0.39 is 0 Å². The number of hydrogen-bond donors (Lipinski definition) is 2. The van der Waals surface area contributed by atoms with E-state index in [1.54, 1.807) is 6.08 Å². The highest BCUT2D eigenvalue weighted by atomic mass is 14.5. The lowest BCUT2D eigenvalue weighted by Gasteiger charge is -2.10. The molecule has 0 aliphatic rings. The molecule has 0 bridgehead atoms. The fourth-order valence-corrected chi connectivity index (χ4v) is 1.82. The lowest BCUT2D eigenvalue weighted by Crippen LogP contribution is -2.07. The van der Waals surface area contributed by atoms with Crippen LogP contribution in [0.2, 0.25) is 0 Å². The Hall–Kier alpha value is -1.96. The zero-order valence-electron chi connectivity index (χ0n) is 11.3. The molecular weight excluding hydrogens is 220 g/mol. The van der Waals surface area contributed by atoms with Gasteiger partial charge in [-0.15, -0.1) is 0 Å². The van der Waals surface area contributed by atoms with Gasteiger partial charge in [-0.05, 0) is 43.0 Å². The van der Waals surface area contributed by atoms with Gasteiger partial charge in [-0.25, -0.2) is 0 Å². The molecule has 2 N–H and O–H groups in total. The Labute approximate surface area is 109 Å². The Kier molecular flexibility index (Phi) is 4.78. The molecule has 0 saturated carbocycles. The van der Waals surface area contributed by atoms with Crippen LogP contribution in [0, 0.1) is 24.7 Å². The molecule has 94 valence electrons. The second-order valence-corrected chi connectivity index (χ2v) is 4.31. The summed E-state index contributed by atoms with van der Waals surface area (Å²) in [6, 6.07) is 5.95. The molecule has 0 aliphatic heterocycles. The first-order valence-corrected chi connectivity index (χ1v) is 6.07. The Morgan fingerprint density at radius 2 is 1.94 bits per heavy atom. The van der Waals surface area contributed by atoms with Gasteiger partial charge in [0.15, 0.2) is 0 Å². The van der Waals surface area contributed by atoms with Gasteiger partial charge >= 0.3 is 0 Å². The molecule has 1 aromatic carbocycles. The second kappa shape index (κ2) is 6.10. The third kappa shape index (κ3) is 2.83. The summed E-state index contributed by atoms with van der Waals surface area (Å²) in [4.78, 5) is 0. The summed E-state index contributed by atoms with van der Waals surface area (Å²) in [7, 11) is 0. The highest BCUT2D eigenvalue weighted by Crippen LogP contribution is 2.17. The molecule has 2 nitrogen and oxygen atoms in total. The molecule has 0 heterocycles. The summed E-state index contributed by atoms with van der Waals surface area (Å²) in [5.74, 6) is 0. The topological polar surface area (TPSA) is 47.7 Å². The molecule has 1 rings (SSSR count). The van der Waals surface area contributed by atoms with Crippen LogP contribution in [0.15, 0.2) is 42.0 Å². The molecular formula is C16H20N2. The summed E-state index contributed by atoms with van der Waals surface area (Å²) in [6.07, 6.45) is 3.76. The summed E-state index contributed by atoms with van der Waals surface area (Å²) >= 11 is 0. The van der Waals surface area contributed by atoms with Crippen LogP contribution >= 0.6 is 0 Å². The number of hydrogen-bond acceptors (Lipinski definition) is 2. The van der Waals surface area contributed by atoms with E-state index in [0.717, 1.165) is 17.6 Å². The summed E-state index contributed by atoms with van der Waals surface area (Å²) < 4.78 is 0. The van der Waals surface area contributed by atoms with Gasteiger partial charge in [-0.1, -0.05) is 31.7 Å². The van der Waals surface area contributed by atoms with Crippen LogP contribution in [0.25, 0.3) is 0 Å². The molecule has 0 saturated heterocycles. The van der Waals surface area contributed by atoms with Crippen molar-refractivity contribution in [2.45, 2.75) is 27.2 Å². The largest absolute Gasteiger partial charge is 0.308 e. The molecule has 18 heavy (non-hydrogen) atoms. The fraction of sp³-hybridized carbons (Fsp3) is 0.250. The minimum absolute atomic E-state index is 0.393. The fourth-order valence-electron chi connectivity index (χ4n) is 1.82. The molecule has 0 aliphatic carbocycles. The molecule has 0 spiro atoms. The van der Waals surface area contributed by atoms with E-state index in [2.05, 4.69) is 13.5 Å². The number of allylic oxidation sites excluding steroid dienone is 3. The zero-order valence-corrected chi connectivity index (χ0v) is 11.3. The summed E-state index contributed by atoms with van der Waals surface area (Å²) in [6.45, 7) is 9.85. The molecule has 2 heteroatoms. The zero-order chi connectivity index (χ0) is 13.7. The smallest absolute Gasteiger partial charge is 0.0702 e. The number of aryl methyl sites for hydroxylation is 2. The van der Waals surface area contributed by atoms with Crippen molar-refractivity contribution in [3.8, 4) is 0 Å². The minimum Gasteiger partial charge on any atom is -0.308 e. The normalized spacial score (nSPS) is 11.7. The standard InChI is InChI=1S/C16H20N2/c1-5-13(6-2)15(10-17)16(18)14-8-7-11(3)12(4)9-14/h5,7-10,17-18H,1,6H2,2-4H3/b15-13+,17-10?,18-16?. The summed E-state index contributed by atoms with van der Waals surface area (Å²) in [5.41, 5.74) is 5.21. The van der Waals surface area contributed by atoms with Gasteiger partial charge in [0, 0.05) is 17.4 Å². The molecule has 0 aromatic heterocycles. The quantitative estimate of drug-likeness (QED) is 0.572. The predicted molar refractivity (Wildman–Crippen MR) is 79.0 cm³/mol.